The summed E-state index contributed by atoms with van der Waals surface area (Å²) in [6, 6.07) is 7.11. The van der Waals surface area contributed by atoms with Gasteiger partial charge in [-0.25, -0.2) is 4.99 Å². The molecular weight excluding hydrogens is 517 g/mol. The molecule has 1 atom stereocenters. The van der Waals surface area contributed by atoms with Crippen LogP contribution >= 0.6 is 24.0 Å². The number of likely N-dealkylation sites (N-methyl/N-ethyl adjacent to an activating group) is 1. The zero-order valence-corrected chi connectivity index (χ0v) is 21.8. The molecule has 2 aromatic rings. The van der Waals surface area contributed by atoms with Crippen LogP contribution in [0.1, 0.15) is 42.5 Å². The van der Waals surface area contributed by atoms with Crippen LogP contribution in [0.5, 0.6) is 5.75 Å². The quantitative estimate of drug-likeness (QED) is 0.297. The third-order valence-corrected chi connectivity index (χ3v) is 6.43. The first-order valence-corrected chi connectivity index (χ1v) is 11.5. The lowest BCUT2D eigenvalue weighted by atomic mass is 10.1. The van der Waals surface area contributed by atoms with Gasteiger partial charge in [0.25, 0.3) is 0 Å². The Hall–Kier alpha value is -1.88. The first-order chi connectivity index (χ1) is 15.1. The molecule has 1 aromatic carbocycles. The molecule has 0 amide bonds. The highest BCUT2D eigenvalue weighted by Crippen LogP contribution is 2.25. The average Bonchev–Trinajstić information content (AvgIpc) is 3.51. The van der Waals surface area contributed by atoms with Gasteiger partial charge in [0.05, 0.1) is 6.61 Å². The topological polar surface area (TPSA) is 79.6 Å². The van der Waals surface area contributed by atoms with Crippen molar-refractivity contribution < 1.29 is 4.74 Å². The molecule has 9 heteroatoms. The lowest BCUT2D eigenvalue weighted by Gasteiger charge is -2.24. The van der Waals surface area contributed by atoms with Crippen molar-refractivity contribution in [2.45, 2.75) is 52.1 Å². The summed E-state index contributed by atoms with van der Waals surface area (Å²) in [4.78, 5) is 7.35. The molecule has 0 aliphatic carbocycles. The van der Waals surface area contributed by atoms with Crippen LogP contribution in [-0.2, 0) is 26.4 Å². The Kier molecular flexibility index (Phi) is 9.15. The van der Waals surface area contributed by atoms with Crippen LogP contribution in [0.3, 0.4) is 0 Å². The number of benzene rings is 1. The van der Waals surface area contributed by atoms with E-state index in [0.717, 1.165) is 62.4 Å². The monoisotopic (exact) mass is 553 g/mol. The van der Waals surface area contributed by atoms with E-state index in [-0.39, 0.29) is 24.0 Å². The number of rotatable bonds is 8. The zero-order chi connectivity index (χ0) is 21.6. The van der Waals surface area contributed by atoms with Gasteiger partial charge in [0.1, 0.15) is 18.1 Å². The molecule has 0 bridgehead atoms. The second-order valence-electron chi connectivity index (χ2n) is 8.41. The molecule has 32 heavy (non-hydrogen) atoms. The summed E-state index contributed by atoms with van der Waals surface area (Å²) >= 11 is 0. The van der Waals surface area contributed by atoms with Gasteiger partial charge in [0.15, 0.2) is 11.8 Å². The standard InChI is InChI=1S/C23H35N7O.HI/c1-4-30-12-5-6-20(30)15-25-23(26-16-22-28-27-17(2)29(22)3)24-11-9-18-7-8-21-19(14-18)10-13-31-21;/h7-8,14,20H,4-6,9-13,15-16H2,1-3H3,(H2,24,25,26);1H. The van der Waals surface area contributed by atoms with E-state index < -0.39 is 0 Å². The van der Waals surface area contributed by atoms with Gasteiger partial charge in [-0.3, -0.25) is 4.90 Å². The number of likely N-dealkylation sites (tertiary alicyclic amines) is 1. The molecule has 2 N–H and O–H groups in total. The minimum Gasteiger partial charge on any atom is -0.493 e. The van der Waals surface area contributed by atoms with Crippen molar-refractivity contribution in [3.63, 3.8) is 0 Å². The molecule has 2 aliphatic rings. The summed E-state index contributed by atoms with van der Waals surface area (Å²) in [5.41, 5.74) is 2.65. The Bertz CT molecular complexity index is 914. The fourth-order valence-electron chi connectivity index (χ4n) is 4.39. The number of fused-ring (bicyclic) bond motifs is 1. The maximum absolute atomic E-state index is 5.62. The summed E-state index contributed by atoms with van der Waals surface area (Å²) in [7, 11) is 1.98. The molecule has 0 radical (unpaired) electrons. The van der Waals surface area contributed by atoms with Crippen molar-refractivity contribution in [1.29, 1.82) is 0 Å². The van der Waals surface area contributed by atoms with Gasteiger partial charge in [-0.15, -0.1) is 34.2 Å². The molecule has 4 rings (SSSR count). The summed E-state index contributed by atoms with van der Waals surface area (Å²) in [5.74, 6) is 3.65. The van der Waals surface area contributed by atoms with Crippen molar-refractivity contribution in [3.05, 3.63) is 41.0 Å². The Balaban J connectivity index is 0.00000289. The van der Waals surface area contributed by atoms with Gasteiger partial charge in [-0.05, 0) is 56.5 Å². The Morgan fingerprint density at radius 2 is 2.16 bits per heavy atom. The number of nitrogens with zero attached hydrogens (tertiary/aromatic N) is 5. The van der Waals surface area contributed by atoms with Crippen molar-refractivity contribution in [2.24, 2.45) is 12.0 Å². The summed E-state index contributed by atoms with van der Waals surface area (Å²) in [6.45, 7) is 9.54. The highest BCUT2D eigenvalue weighted by atomic mass is 127. The van der Waals surface area contributed by atoms with Crippen LogP contribution in [0.15, 0.2) is 23.2 Å². The second-order valence-corrected chi connectivity index (χ2v) is 8.41. The maximum atomic E-state index is 5.62. The minimum atomic E-state index is 0. The smallest absolute Gasteiger partial charge is 0.191 e. The van der Waals surface area contributed by atoms with Crippen LogP contribution < -0.4 is 15.4 Å². The normalized spacial score (nSPS) is 18.2. The van der Waals surface area contributed by atoms with Gasteiger partial charge in [0, 0.05) is 32.6 Å². The van der Waals surface area contributed by atoms with Gasteiger partial charge in [-0.2, -0.15) is 0 Å². The summed E-state index contributed by atoms with van der Waals surface area (Å²) in [6.07, 6.45) is 4.48. The SMILES string of the molecule is CCN1CCCC1CNC(=NCc1nnc(C)n1C)NCCc1ccc2c(c1)CCO2.I. The average molecular weight is 553 g/mol. The lowest BCUT2D eigenvalue weighted by molar-refractivity contribution is 0.267. The Morgan fingerprint density at radius 3 is 2.94 bits per heavy atom. The van der Waals surface area contributed by atoms with Crippen molar-refractivity contribution in [2.75, 3.05) is 32.8 Å². The molecule has 2 aliphatic heterocycles. The number of nitrogens with one attached hydrogen (secondary N) is 2. The van der Waals surface area contributed by atoms with E-state index >= 15 is 0 Å². The van der Waals surface area contributed by atoms with E-state index in [1.807, 2.05) is 18.5 Å². The highest BCUT2D eigenvalue weighted by molar-refractivity contribution is 14.0. The highest BCUT2D eigenvalue weighted by Gasteiger charge is 2.22. The van der Waals surface area contributed by atoms with E-state index in [2.05, 4.69) is 50.9 Å². The largest absolute Gasteiger partial charge is 0.493 e. The zero-order valence-electron chi connectivity index (χ0n) is 19.4. The Labute approximate surface area is 208 Å². The predicted octanol–water partition coefficient (Wildman–Crippen LogP) is 2.44. The maximum Gasteiger partial charge on any atom is 0.191 e. The van der Waals surface area contributed by atoms with Crippen LogP contribution in [0, 0.1) is 6.92 Å². The molecule has 3 heterocycles. The molecule has 1 unspecified atom stereocenters. The molecular formula is C23H36IN7O. The number of guanidine groups is 1. The van der Waals surface area contributed by atoms with Crippen molar-refractivity contribution >= 4 is 29.9 Å². The fourth-order valence-corrected chi connectivity index (χ4v) is 4.39. The van der Waals surface area contributed by atoms with Crippen LogP contribution in [-0.4, -0.2) is 64.5 Å². The Morgan fingerprint density at radius 1 is 1.28 bits per heavy atom. The number of hydrogen-bond acceptors (Lipinski definition) is 5. The second kappa shape index (κ2) is 11.8. The molecule has 0 spiro atoms. The van der Waals surface area contributed by atoms with Crippen molar-refractivity contribution in [1.82, 2.24) is 30.3 Å². The number of aryl methyl sites for hydroxylation is 1. The molecule has 8 nitrogen and oxygen atoms in total. The number of ether oxygens (including phenoxy) is 1. The lowest BCUT2D eigenvalue weighted by Crippen LogP contribution is -2.45. The first kappa shape index (κ1) is 24.8. The van der Waals surface area contributed by atoms with E-state index in [1.54, 1.807) is 0 Å². The van der Waals surface area contributed by atoms with Gasteiger partial charge in [0.2, 0.25) is 0 Å². The molecule has 0 saturated carbocycles. The van der Waals surface area contributed by atoms with E-state index in [9.17, 15) is 0 Å². The van der Waals surface area contributed by atoms with Gasteiger partial charge >= 0.3 is 0 Å². The van der Waals surface area contributed by atoms with E-state index in [1.165, 1.54) is 30.5 Å². The number of halogens is 1. The number of aliphatic imine (C=N–C) groups is 1. The fraction of sp³-hybridized carbons (Fsp3) is 0.609. The molecule has 1 fully saturated rings. The van der Waals surface area contributed by atoms with Gasteiger partial charge < -0.3 is 19.9 Å². The summed E-state index contributed by atoms with van der Waals surface area (Å²) < 4.78 is 7.61. The van der Waals surface area contributed by atoms with E-state index in [4.69, 9.17) is 9.73 Å². The van der Waals surface area contributed by atoms with Crippen LogP contribution in [0.25, 0.3) is 0 Å². The molecule has 1 aromatic heterocycles. The van der Waals surface area contributed by atoms with Crippen molar-refractivity contribution in [3.8, 4) is 5.75 Å². The van der Waals surface area contributed by atoms with Gasteiger partial charge in [-0.1, -0.05) is 19.1 Å². The number of aromatic nitrogens is 3. The molecule has 1 saturated heterocycles. The van der Waals surface area contributed by atoms with Crippen LogP contribution in [0.2, 0.25) is 0 Å². The predicted molar refractivity (Wildman–Crippen MR) is 138 cm³/mol. The third kappa shape index (κ3) is 6.12. The number of hydrogen-bond donors (Lipinski definition) is 2. The third-order valence-electron chi connectivity index (χ3n) is 6.43. The molecule has 176 valence electrons. The first-order valence-electron chi connectivity index (χ1n) is 11.5. The minimum absolute atomic E-state index is 0. The van der Waals surface area contributed by atoms with E-state index in [0.29, 0.717) is 12.6 Å². The van der Waals surface area contributed by atoms with Crippen LogP contribution in [0.4, 0.5) is 0 Å². The summed E-state index contributed by atoms with van der Waals surface area (Å²) in [5, 5.41) is 15.5.